The molecule has 182 valence electrons. The number of ether oxygens (including phenoxy) is 4. The van der Waals surface area contributed by atoms with Crippen LogP contribution in [0.15, 0.2) is 36.4 Å². The number of benzene rings is 1. The van der Waals surface area contributed by atoms with E-state index in [1.54, 1.807) is 14.2 Å². The number of rotatable bonds is 6. The lowest BCUT2D eigenvalue weighted by molar-refractivity contribution is -0.00390. The molecule has 0 atom stereocenters. The number of halogens is 1. The Balaban J connectivity index is 1.71. The van der Waals surface area contributed by atoms with Gasteiger partial charge >= 0.3 is 0 Å². The number of hydrogen-bond donors (Lipinski definition) is 0. The first-order valence-electron chi connectivity index (χ1n) is 12.0. The Morgan fingerprint density at radius 2 is 1.59 bits per heavy atom. The van der Waals surface area contributed by atoms with Crippen LogP contribution < -0.4 is 14.0 Å². The van der Waals surface area contributed by atoms with Gasteiger partial charge in [0.25, 0.3) is 5.88 Å². The van der Waals surface area contributed by atoms with Gasteiger partial charge in [0.1, 0.15) is 11.3 Å². The third-order valence-electron chi connectivity index (χ3n) is 7.63. The second-order valence-electron chi connectivity index (χ2n) is 9.25. The van der Waals surface area contributed by atoms with Crippen LogP contribution in [0.3, 0.4) is 0 Å². The van der Waals surface area contributed by atoms with E-state index in [1.807, 2.05) is 28.8 Å². The highest BCUT2D eigenvalue weighted by Gasteiger charge is 2.47. The molecule has 0 spiro atoms. The van der Waals surface area contributed by atoms with Crippen LogP contribution in [0.25, 0.3) is 16.8 Å². The molecule has 3 aromatic rings. The largest absolute Gasteiger partial charge is 0.497 e. The SMILES string of the molecule is COc1ccc(-c2cccc3c([N+](C)(C4CCOCC4)C4CCOCC4)c(OC)nn23)c(Cl)c1. The summed E-state index contributed by atoms with van der Waals surface area (Å²) in [4.78, 5) is 0. The highest BCUT2D eigenvalue weighted by Crippen LogP contribution is 2.45. The molecule has 0 saturated carbocycles. The van der Waals surface area contributed by atoms with Crippen molar-refractivity contribution in [3.05, 3.63) is 41.4 Å². The van der Waals surface area contributed by atoms with Crippen molar-refractivity contribution in [3.63, 3.8) is 0 Å². The van der Waals surface area contributed by atoms with Crippen molar-refractivity contribution in [1.29, 1.82) is 0 Å². The second-order valence-corrected chi connectivity index (χ2v) is 9.65. The van der Waals surface area contributed by atoms with Crippen LogP contribution in [0, 0.1) is 0 Å². The first kappa shape index (κ1) is 23.4. The Morgan fingerprint density at radius 3 is 2.15 bits per heavy atom. The van der Waals surface area contributed by atoms with Gasteiger partial charge in [-0.1, -0.05) is 17.7 Å². The Bertz CT molecular complexity index is 1130. The summed E-state index contributed by atoms with van der Waals surface area (Å²) in [5, 5.41) is 5.59. The summed E-state index contributed by atoms with van der Waals surface area (Å²) in [5.74, 6) is 1.39. The summed E-state index contributed by atoms with van der Waals surface area (Å²) in [6.45, 7) is 3.15. The molecule has 2 saturated heterocycles. The fourth-order valence-corrected chi connectivity index (χ4v) is 6.03. The lowest BCUT2D eigenvalue weighted by Crippen LogP contribution is -2.62. The Hall–Kier alpha value is -2.32. The van der Waals surface area contributed by atoms with E-state index >= 15 is 0 Å². The van der Waals surface area contributed by atoms with Crippen molar-refractivity contribution in [2.45, 2.75) is 37.8 Å². The van der Waals surface area contributed by atoms with Gasteiger partial charge in [-0.2, -0.15) is 0 Å². The fourth-order valence-electron chi connectivity index (χ4n) is 5.77. The summed E-state index contributed by atoms with van der Waals surface area (Å²) in [6.07, 6.45) is 4.05. The highest BCUT2D eigenvalue weighted by atomic mass is 35.5. The smallest absolute Gasteiger partial charge is 0.296 e. The van der Waals surface area contributed by atoms with Gasteiger partial charge in [-0.05, 0) is 30.3 Å². The average Bonchev–Trinajstić information content (AvgIpc) is 3.29. The predicted molar refractivity (Wildman–Crippen MR) is 134 cm³/mol. The predicted octanol–water partition coefficient (Wildman–Crippen LogP) is 4.97. The molecule has 4 heterocycles. The molecule has 0 aliphatic carbocycles. The van der Waals surface area contributed by atoms with Crippen molar-refractivity contribution in [2.24, 2.45) is 0 Å². The zero-order valence-electron chi connectivity index (χ0n) is 20.1. The number of quaternary nitrogens is 1. The van der Waals surface area contributed by atoms with E-state index in [-0.39, 0.29) is 0 Å². The fraction of sp³-hybridized carbons (Fsp3) is 0.500. The van der Waals surface area contributed by atoms with E-state index in [4.69, 9.17) is 35.6 Å². The standard InChI is InChI=1S/C26H33ClN3O4/c1-30(18-9-13-33-14-10-18,19-11-15-34-16-12-19)25-24-6-4-5-23(29(24)28-26(25)32-3)21-8-7-20(31-2)17-22(21)27/h4-8,17-19H,9-16H2,1-3H3/q+1. The molecule has 2 aliphatic heterocycles. The van der Waals surface area contributed by atoms with E-state index in [1.165, 1.54) is 0 Å². The van der Waals surface area contributed by atoms with Crippen molar-refractivity contribution >= 4 is 22.8 Å². The molecule has 0 amide bonds. The van der Waals surface area contributed by atoms with Crippen LogP contribution in [-0.4, -0.2) is 69.4 Å². The number of aromatic nitrogens is 2. The first-order chi connectivity index (χ1) is 16.6. The van der Waals surface area contributed by atoms with Gasteiger partial charge in [0.15, 0.2) is 0 Å². The normalized spacial score (nSPS) is 18.4. The summed E-state index contributed by atoms with van der Waals surface area (Å²) in [5.41, 5.74) is 3.99. The molecule has 2 aliphatic rings. The van der Waals surface area contributed by atoms with Crippen molar-refractivity contribution in [2.75, 3.05) is 47.7 Å². The average molecular weight is 487 g/mol. The van der Waals surface area contributed by atoms with Gasteiger partial charge in [-0.25, -0.2) is 4.52 Å². The summed E-state index contributed by atoms with van der Waals surface area (Å²) >= 11 is 6.67. The van der Waals surface area contributed by atoms with E-state index in [9.17, 15) is 0 Å². The van der Waals surface area contributed by atoms with Crippen LogP contribution >= 0.6 is 11.6 Å². The molecule has 7 nitrogen and oxygen atoms in total. The molecule has 2 aromatic heterocycles. The first-order valence-corrected chi connectivity index (χ1v) is 12.4. The third kappa shape index (κ3) is 3.94. The molecule has 34 heavy (non-hydrogen) atoms. The molecular weight excluding hydrogens is 454 g/mol. The number of pyridine rings is 1. The minimum Gasteiger partial charge on any atom is -0.497 e. The number of nitrogens with zero attached hydrogens (tertiary/aromatic N) is 3. The molecule has 2 fully saturated rings. The molecule has 0 N–H and O–H groups in total. The Morgan fingerprint density at radius 1 is 0.941 bits per heavy atom. The number of methoxy groups -OCH3 is 2. The molecule has 8 heteroatoms. The van der Waals surface area contributed by atoms with Gasteiger partial charge in [-0.3, -0.25) is 4.48 Å². The van der Waals surface area contributed by atoms with E-state index in [2.05, 4.69) is 19.2 Å². The van der Waals surface area contributed by atoms with E-state index < -0.39 is 0 Å². The summed E-state index contributed by atoms with van der Waals surface area (Å²) in [7, 11) is 5.71. The van der Waals surface area contributed by atoms with Crippen LogP contribution in [0.2, 0.25) is 5.02 Å². The molecule has 5 rings (SSSR count). The quantitative estimate of drug-likeness (QED) is 0.460. The zero-order valence-corrected chi connectivity index (χ0v) is 20.9. The van der Waals surface area contributed by atoms with E-state index in [0.717, 1.165) is 84.8 Å². The van der Waals surface area contributed by atoms with Gasteiger partial charge in [0, 0.05) is 31.2 Å². The maximum atomic E-state index is 6.67. The number of fused-ring (bicyclic) bond motifs is 1. The molecule has 0 radical (unpaired) electrons. The van der Waals surface area contributed by atoms with Crippen LogP contribution in [0.1, 0.15) is 25.7 Å². The van der Waals surface area contributed by atoms with Gasteiger partial charge in [0.2, 0.25) is 5.69 Å². The van der Waals surface area contributed by atoms with Crippen molar-refractivity contribution in [3.8, 4) is 22.9 Å². The molecule has 1 aromatic carbocycles. The maximum absolute atomic E-state index is 6.67. The number of hydrogen-bond acceptors (Lipinski definition) is 5. The van der Waals surface area contributed by atoms with E-state index in [0.29, 0.717) is 23.0 Å². The summed E-state index contributed by atoms with van der Waals surface area (Å²) in [6, 6.07) is 12.8. The monoisotopic (exact) mass is 486 g/mol. The topological polar surface area (TPSA) is 54.2 Å². The van der Waals surface area contributed by atoms with Crippen molar-refractivity contribution in [1.82, 2.24) is 14.1 Å². The second kappa shape index (κ2) is 9.74. The van der Waals surface area contributed by atoms with Crippen LogP contribution in [-0.2, 0) is 9.47 Å². The molecule has 0 unspecified atom stereocenters. The maximum Gasteiger partial charge on any atom is 0.296 e. The lowest BCUT2D eigenvalue weighted by atomic mass is 9.95. The van der Waals surface area contributed by atoms with Gasteiger partial charge < -0.3 is 18.9 Å². The third-order valence-corrected chi connectivity index (χ3v) is 7.94. The highest BCUT2D eigenvalue weighted by molar-refractivity contribution is 6.33. The Kier molecular flexibility index (Phi) is 6.71. The van der Waals surface area contributed by atoms with Gasteiger partial charge in [-0.15, -0.1) is 5.10 Å². The minimum atomic E-state index is 0.423. The Labute approximate surface area is 205 Å². The lowest BCUT2D eigenvalue weighted by Gasteiger charge is -2.48. The zero-order chi connectivity index (χ0) is 23.7. The van der Waals surface area contributed by atoms with Crippen LogP contribution in [0.5, 0.6) is 11.6 Å². The summed E-state index contributed by atoms with van der Waals surface area (Å²) < 4.78 is 25.5. The van der Waals surface area contributed by atoms with Crippen molar-refractivity contribution < 1.29 is 18.9 Å². The molecule has 0 bridgehead atoms. The minimum absolute atomic E-state index is 0.423. The molecular formula is C26H33ClN3O4+. The van der Waals surface area contributed by atoms with Crippen LogP contribution in [0.4, 0.5) is 5.69 Å². The van der Waals surface area contributed by atoms with Gasteiger partial charge in [0.05, 0.1) is 70.5 Å².